The van der Waals surface area contributed by atoms with E-state index in [2.05, 4.69) is 4.90 Å². The van der Waals surface area contributed by atoms with Crippen molar-refractivity contribution in [2.24, 2.45) is 0 Å². The Morgan fingerprint density at radius 2 is 2.05 bits per heavy atom. The third kappa shape index (κ3) is 4.35. The number of amides is 1. The number of aryl methyl sites for hydroxylation is 1. The van der Waals surface area contributed by atoms with E-state index in [1.165, 1.54) is 0 Å². The monoisotopic (exact) mass is 326 g/mol. The van der Waals surface area contributed by atoms with Crippen LogP contribution in [0.15, 0.2) is 18.2 Å². The highest BCUT2D eigenvalue weighted by Gasteiger charge is 2.26. The first-order valence-corrected chi connectivity index (χ1v) is 7.94. The van der Waals surface area contributed by atoms with Gasteiger partial charge in [-0.15, -0.1) is 0 Å². The number of carbonyl (C=O) groups is 1. The fourth-order valence-corrected chi connectivity index (χ4v) is 2.80. The predicted octanol–water partition coefficient (Wildman–Crippen LogP) is 1.55. The Bertz CT molecular complexity index is 516. The molecule has 1 amide bonds. The van der Waals surface area contributed by atoms with Crippen LogP contribution in [0.25, 0.3) is 0 Å². The first-order valence-electron chi connectivity index (χ1n) is 7.56. The summed E-state index contributed by atoms with van der Waals surface area (Å²) in [5.41, 5.74) is 0.917. The van der Waals surface area contributed by atoms with Crippen molar-refractivity contribution in [1.82, 2.24) is 9.80 Å². The predicted molar refractivity (Wildman–Crippen MR) is 86.4 cm³/mol. The molecular weight excluding hydrogens is 304 g/mol. The quantitative estimate of drug-likeness (QED) is 0.892. The number of halogens is 1. The Balaban J connectivity index is 1.90. The highest BCUT2D eigenvalue weighted by molar-refractivity contribution is 6.30. The summed E-state index contributed by atoms with van der Waals surface area (Å²) in [6.07, 6.45) is -0.524. The van der Waals surface area contributed by atoms with E-state index in [-0.39, 0.29) is 12.5 Å². The number of rotatable bonds is 5. The normalized spacial score (nSPS) is 17.4. The van der Waals surface area contributed by atoms with Crippen LogP contribution in [0.2, 0.25) is 5.02 Å². The molecule has 0 aromatic heterocycles. The number of carbonyl (C=O) groups excluding carboxylic acids is 1. The number of nitrogens with zero attached hydrogens (tertiary/aromatic N) is 2. The van der Waals surface area contributed by atoms with E-state index in [0.29, 0.717) is 30.4 Å². The van der Waals surface area contributed by atoms with Crippen LogP contribution in [-0.2, 0) is 4.79 Å². The third-order valence-electron chi connectivity index (χ3n) is 3.89. The van der Waals surface area contributed by atoms with Crippen molar-refractivity contribution in [3.05, 3.63) is 28.8 Å². The van der Waals surface area contributed by atoms with E-state index in [4.69, 9.17) is 21.4 Å². The lowest BCUT2D eigenvalue weighted by Crippen LogP contribution is -2.52. The largest absolute Gasteiger partial charge is 0.481 e. The molecule has 0 spiro atoms. The van der Waals surface area contributed by atoms with Crippen molar-refractivity contribution in [3.63, 3.8) is 0 Å². The molecule has 0 saturated carbocycles. The maximum absolute atomic E-state index is 12.5. The highest BCUT2D eigenvalue weighted by atomic mass is 35.5. The van der Waals surface area contributed by atoms with Gasteiger partial charge in [0.15, 0.2) is 6.10 Å². The van der Waals surface area contributed by atoms with Gasteiger partial charge in [-0.3, -0.25) is 9.69 Å². The smallest absolute Gasteiger partial charge is 0.263 e. The second-order valence-corrected chi connectivity index (χ2v) is 6.00. The molecule has 0 radical (unpaired) electrons. The van der Waals surface area contributed by atoms with Crippen LogP contribution < -0.4 is 4.74 Å². The van der Waals surface area contributed by atoms with Gasteiger partial charge in [0, 0.05) is 37.7 Å². The van der Waals surface area contributed by atoms with Crippen LogP contribution in [0.3, 0.4) is 0 Å². The Kier molecular flexibility index (Phi) is 6.06. The van der Waals surface area contributed by atoms with Gasteiger partial charge >= 0.3 is 0 Å². The number of aliphatic hydroxyl groups excluding tert-OH is 1. The Labute approximate surface area is 136 Å². The molecule has 1 aliphatic heterocycles. The summed E-state index contributed by atoms with van der Waals surface area (Å²) in [4.78, 5) is 16.4. The molecule has 1 atom stereocenters. The summed E-state index contributed by atoms with van der Waals surface area (Å²) in [6.45, 7) is 7.43. The van der Waals surface area contributed by atoms with Gasteiger partial charge in [0.1, 0.15) is 5.75 Å². The zero-order valence-electron chi connectivity index (χ0n) is 13.1. The average Bonchev–Trinajstić information content (AvgIpc) is 2.50. The number of hydrogen-bond acceptors (Lipinski definition) is 4. The van der Waals surface area contributed by atoms with E-state index < -0.39 is 6.10 Å². The van der Waals surface area contributed by atoms with Crippen molar-refractivity contribution in [1.29, 1.82) is 0 Å². The molecule has 1 aliphatic rings. The van der Waals surface area contributed by atoms with Gasteiger partial charge in [-0.2, -0.15) is 0 Å². The zero-order chi connectivity index (χ0) is 16.1. The third-order valence-corrected chi connectivity index (χ3v) is 4.12. The summed E-state index contributed by atoms with van der Waals surface area (Å²) in [7, 11) is 0. The molecular formula is C16H23ClN2O3. The molecule has 5 nitrogen and oxygen atoms in total. The molecule has 0 bridgehead atoms. The second kappa shape index (κ2) is 7.81. The van der Waals surface area contributed by atoms with E-state index >= 15 is 0 Å². The number of β-amino-alcohol motifs (C(OH)–C–C–N with tert-alkyl or cyclic N) is 1. The topological polar surface area (TPSA) is 53.0 Å². The molecule has 1 aromatic rings. The molecule has 22 heavy (non-hydrogen) atoms. The minimum absolute atomic E-state index is 0.00185. The maximum atomic E-state index is 12.5. The van der Waals surface area contributed by atoms with E-state index in [9.17, 15) is 4.79 Å². The highest BCUT2D eigenvalue weighted by Crippen LogP contribution is 2.23. The number of benzene rings is 1. The van der Waals surface area contributed by atoms with Crippen LogP contribution in [0, 0.1) is 6.92 Å². The molecule has 1 heterocycles. The number of piperazine rings is 1. The lowest BCUT2D eigenvalue weighted by atomic mass is 10.2. The molecule has 6 heteroatoms. The van der Waals surface area contributed by atoms with Gasteiger partial charge in [-0.05, 0) is 37.6 Å². The van der Waals surface area contributed by atoms with Crippen molar-refractivity contribution in [2.75, 3.05) is 39.3 Å². The van der Waals surface area contributed by atoms with E-state index in [1.54, 1.807) is 19.1 Å². The lowest BCUT2D eigenvalue weighted by Gasteiger charge is -2.35. The Morgan fingerprint density at radius 1 is 1.36 bits per heavy atom. The maximum Gasteiger partial charge on any atom is 0.263 e. The summed E-state index contributed by atoms with van der Waals surface area (Å²) in [5, 5.41) is 9.60. The van der Waals surface area contributed by atoms with Crippen molar-refractivity contribution in [3.8, 4) is 5.75 Å². The van der Waals surface area contributed by atoms with Crippen LogP contribution >= 0.6 is 11.6 Å². The molecule has 1 saturated heterocycles. The zero-order valence-corrected chi connectivity index (χ0v) is 13.8. The van der Waals surface area contributed by atoms with Gasteiger partial charge < -0.3 is 14.7 Å². The van der Waals surface area contributed by atoms with E-state index in [0.717, 1.165) is 18.7 Å². The Morgan fingerprint density at radius 3 is 2.64 bits per heavy atom. The summed E-state index contributed by atoms with van der Waals surface area (Å²) >= 11 is 5.92. The van der Waals surface area contributed by atoms with Crippen molar-refractivity contribution >= 4 is 17.5 Å². The van der Waals surface area contributed by atoms with Crippen molar-refractivity contribution < 1.29 is 14.6 Å². The van der Waals surface area contributed by atoms with Crippen LogP contribution in [0.1, 0.15) is 12.5 Å². The number of hydrogen-bond donors (Lipinski definition) is 1. The van der Waals surface area contributed by atoms with Crippen LogP contribution in [0.4, 0.5) is 0 Å². The van der Waals surface area contributed by atoms with Crippen molar-refractivity contribution in [2.45, 2.75) is 20.0 Å². The summed E-state index contributed by atoms with van der Waals surface area (Å²) in [5.74, 6) is 0.683. The molecule has 1 aromatic carbocycles. The molecule has 1 N–H and O–H groups in total. The fourth-order valence-electron chi connectivity index (χ4n) is 2.58. The fraction of sp³-hybridized carbons (Fsp3) is 0.562. The number of ether oxygens (including phenoxy) is 1. The average molecular weight is 327 g/mol. The van der Waals surface area contributed by atoms with Gasteiger partial charge in [0.2, 0.25) is 0 Å². The number of aliphatic hydroxyl groups is 1. The molecule has 0 aliphatic carbocycles. The summed E-state index contributed by atoms with van der Waals surface area (Å²) < 4.78 is 5.79. The van der Waals surface area contributed by atoms with Crippen LogP contribution in [0.5, 0.6) is 5.75 Å². The standard InChI is InChI=1S/C16H23ClN2O3/c1-12-11-14(17)3-4-15(12)22-13(2)16(21)19-7-5-18(6-8-19)9-10-20/h3-4,11,13,20H,5-10H2,1-2H3. The first-order chi connectivity index (χ1) is 10.5. The lowest BCUT2D eigenvalue weighted by molar-refractivity contribution is -0.139. The van der Waals surface area contributed by atoms with Gasteiger partial charge in [0.05, 0.1) is 6.61 Å². The van der Waals surface area contributed by atoms with Gasteiger partial charge in [-0.1, -0.05) is 11.6 Å². The minimum atomic E-state index is -0.524. The van der Waals surface area contributed by atoms with Crippen LogP contribution in [-0.4, -0.2) is 66.2 Å². The van der Waals surface area contributed by atoms with E-state index in [1.807, 2.05) is 17.9 Å². The minimum Gasteiger partial charge on any atom is -0.481 e. The van der Waals surface area contributed by atoms with Gasteiger partial charge in [0.25, 0.3) is 5.91 Å². The Hall–Kier alpha value is -1.30. The second-order valence-electron chi connectivity index (χ2n) is 5.56. The summed E-state index contributed by atoms with van der Waals surface area (Å²) in [6, 6.07) is 5.37. The molecule has 122 valence electrons. The molecule has 2 rings (SSSR count). The SMILES string of the molecule is Cc1cc(Cl)ccc1OC(C)C(=O)N1CCN(CCO)CC1. The molecule has 1 fully saturated rings. The first kappa shape index (κ1) is 17.1. The van der Waals surface area contributed by atoms with Gasteiger partial charge in [-0.25, -0.2) is 0 Å². The molecule has 1 unspecified atom stereocenters.